The fourth-order valence-corrected chi connectivity index (χ4v) is 5.46. The molecule has 1 aliphatic rings. The lowest BCUT2D eigenvalue weighted by molar-refractivity contribution is -0.137. The van der Waals surface area contributed by atoms with Gasteiger partial charge in [-0.2, -0.15) is 0 Å². The third kappa shape index (κ3) is 10.8. The summed E-state index contributed by atoms with van der Waals surface area (Å²) in [6.45, 7) is 2.57. The summed E-state index contributed by atoms with van der Waals surface area (Å²) in [5.41, 5.74) is 2.20. The first-order valence-corrected chi connectivity index (χ1v) is 16.3. The van der Waals surface area contributed by atoms with Gasteiger partial charge in [0, 0.05) is 23.7 Å². The van der Waals surface area contributed by atoms with Crippen LogP contribution in [0.3, 0.4) is 0 Å². The Morgan fingerprint density at radius 3 is 2.09 bits per heavy atom. The van der Waals surface area contributed by atoms with Gasteiger partial charge in [0.25, 0.3) is 5.91 Å². The molecule has 3 aromatic carbocycles. The first-order valence-electron chi connectivity index (χ1n) is 16.3. The largest absolute Gasteiger partial charge is 0.494 e. The number of carboxylic acids is 1. The van der Waals surface area contributed by atoms with Gasteiger partial charge in [0.15, 0.2) is 0 Å². The molecule has 1 aliphatic carbocycles. The molecular formula is C37H44N2O7. The van der Waals surface area contributed by atoms with E-state index in [1.165, 1.54) is 24.2 Å². The van der Waals surface area contributed by atoms with Crippen molar-refractivity contribution in [2.75, 3.05) is 25.0 Å². The van der Waals surface area contributed by atoms with Crippen LogP contribution < -0.4 is 14.8 Å². The second-order valence-corrected chi connectivity index (χ2v) is 11.7. The van der Waals surface area contributed by atoms with Crippen molar-refractivity contribution in [1.82, 2.24) is 4.90 Å². The van der Waals surface area contributed by atoms with Gasteiger partial charge in [0.1, 0.15) is 18.0 Å². The van der Waals surface area contributed by atoms with Crippen LogP contribution in [0.15, 0.2) is 72.8 Å². The van der Waals surface area contributed by atoms with Crippen LogP contribution in [0.25, 0.3) is 0 Å². The molecule has 0 heterocycles. The van der Waals surface area contributed by atoms with Gasteiger partial charge in [0.2, 0.25) is 5.91 Å². The van der Waals surface area contributed by atoms with Crippen molar-refractivity contribution < 1.29 is 33.8 Å². The predicted molar refractivity (Wildman–Crippen MR) is 176 cm³/mol. The lowest BCUT2D eigenvalue weighted by atomic mass is 10.1. The summed E-state index contributed by atoms with van der Waals surface area (Å²) in [5.74, 6) is -0.899. The quantitative estimate of drug-likeness (QED) is 0.0925. The minimum atomic E-state index is -1.11. The van der Waals surface area contributed by atoms with E-state index >= 15 is 0 Å². The molecule has 0 bridgehead atoms. The average molecular weight is 629 g/mol. The van der Waals surface area contributed by atoms with Crippen LogP contribution in [0.1, 0.15) is 91.0 Å². The SMILES string of the molecule is CCCCCCCOc1ccc(C(=O)Oc2ccc(CCN(CC(=O)O)C(=O)c3ccc(NC(=O)C4CCCC4)cc3)cc2)cc1. The van der Waals surface area contributed by atoms with E-state index in [2.05, 4.69) is 12.2 Å². The van der Waals surface area contributed by atoms with Crippen LogP contribution in [0, 0.1) is 5.92 Å². The highest BCUT2D eigenvalue weighted by molar-refractivity contribution is 5.97. The van der Waals surface area contributed by atoms with Gasteiger partial charge in [-0.1, -0.05) is 57.6 Å². The van der Waals surface area contributed by atoms with Gasteiger partial charge in [-0.25, -0.2) is 4.79 Å². The van der Waals surface area contributed by atoms with E-state index in [1.54, 1.807) is 72.8 Å². The number of aliphatic carboxylic acids is 1. The van der Waals surface area contributed by atoms with Crippen LogP contribution >= 0.6 is 0 Å². The number of nitrogens with one attached hydrogen (secondary N) is 1. The standard InChI is InChI=1S/C37H44N2O7/c1-2-3-4-5-8-25-45-32-21-15-30(16-22-32)37(44)46-33-19-11-27(12-20-33)23-24-39(26-34(40)41)36(43)29-13-17-31(18-14-29)38-35(42)28-9-6-7-10-28/h11-22,28H,2-10,23-26H2,1H3,(H,38,42)(H,40,41). The monoisotopic (exact) mass is 628 g/mol. The van der Waals surface area contributed by atoms with Crippen molar-refractivity contribution in [2.45, 2.75) is 71.1 Å². The van der Waals surface area contributed by atoms with Crippen LogP contribution in [0.2, 0.25) is 0 Å². The molecule has 4 rings (SSSR count). The number of carboxylic acid groups (broad SMARTS) is 1. The van der Waals surface area contributed by atoms with Gasteiger partial charge in [-0.3, -0.25) is 14.4 Å². The maximum atomic E-state index is 13.2. The van der Waals surface area contributed by atoms with Gasteiger partial charge in [-0.15, -0.1) is 0 Å². The first kappa shape index (κ1) is 34.2. The summed E-state index contributed by atoms with van der Waals surface area (Å²) < 4.78 is 11.3. The number of nitrogens with zero attached hydrogens (tertiary/aromatic N) is 1. The Balaban J connectivity index is 1.25. The molecule has 2 N–H and O–H groups in total. The number of rotatable bonds is 17. The topological polar surface area (TPSA) is 122 Å². The molecule has 46 heavy (non-hydrogen) atoms. The predicted octanol–water partition coefficient (Wildman–Crippen LogP) is 7.15. The number of ether oxygens (including phenoxy) is 2. The molecule has 9 nitrogen and oxygen atoms in total. The molecule has 0 radical (unpaired) electrons. The number of benzene rings is 3. The molecule has 0 aromatic heterocycles. The average Bonchev–Trinajstić information content (AvgIpc) is 3.61. The zero-order valence-corrected chi connectivity index (χ0v) is 26.5. The summed E-state index contributed by atoms with van der Waals surface area (Å²) in [7, 11) is 0. The highest BCUT2D eigenvalue weighted by Gasteiger charge is 2.23. The van der Waals surface area contributed by atoms with E-state index in [0.717, 1.165) is 44.1 Å². The molecule has 1 fully saturated rings. The molecule has 0 spiro atoms. The highest BCUT2D eigenvalue weighted by atomic mass is 16.5. The van der Waals surface area contributed by atoms with E-state index < -0.39 is 24.4 Å². The normalized spacial score (nSPS) is 12.8. The van der Waals surface area contributed by atoms with Crippen molar-refractivity contribution in [3.8, 4) is 11.5 Å². The molecule has 0 atom stereocenters. The Hall–Kier alpha value is -4.66. The second kappa shape index (κ2) is 17.7. The fourth-order valence-electron chi connectivity index (χ4n) is 5.46. The van der Waals surface area contributed by atoms with Crippen LogP contribution in [0.5, 0.6) is 11.5 Å². The van der Waals surface area contributed by atoms with Crippen molar-refractivity contribution >= 4 is 29.4 Å². The highest BCUT2D eigenvalue weighted by Crippen LogP contribution is 2.26. The number of hydrogen-bond donors (Lipinski definition) is 2. The first-order chi connectivity index (χ1) is 22.3. The minimum Gasteiger partial charge on any atom is -0.494 e. The smallest absolute Gasteiger partial charge is 0.343 e. The van der Waals surface area contributed by atoms with Gasteiger partial charge >= 0.3 is 11.9 Å². The second-order valence-electron chi connectivity index (χ2n) is 11.7. The number of anilines is 1. The summed E-state index contributed by atoms with van der Waals surface area (Å²) in [6.07, 6.45) is 10.1. The molecule has 0 unspecified atom stereocenters. The minimum absolute atomic E-state index is 0.00675. The number of hydrogen-bond acceptors (Lipinski definition) is 6. The summed E-state index contributed by atoms with van der Waals surface area (Å²) >= 11 is 0. The maximum absolute atomic E-state index is 13.2. The van der Waals surface area contributed by atoms with Gasteiger partial charge < -0.3 is 24.8 Å². The zero-order chi connectivity index (χ0) is 32.7. The van der Waals surface area contributed by atoms with Crippen molar-refractivity contribution in [1.29, 1.82) is 0 Å². The summed E-state index contributed by atoms with van der Waals surface area (Å²) in [6, 6.07) is 20.3. The molecule has 2 amide bonds. The van der Waals surface area contributed by atoms with Crippen LogP contribution in [-0.2, 0) is 16.0 Å². The van der Waals surface area contributed by atoms with E-state index in [9.17, 15) is 24.3 Å². The number of esters is 1. The molecular weight excluding hydrogens is 584 g/mol. The number of unbranched alkanes of at least 4 members (excludes halogenated alkanes) is 4. The molecule has 9 heteroatoms. The lowest BCUT2D eigenvalue weighted by Crippen LogP contribution is -2.37. The molecule has 244 valence electrons. The lowest BCUT2D eigenvalue weighted by Gasteiger charge is -2.21. The van der Waals surface area contributed by atoms with Crippen LogP contribution in [0.4, 0.5) is 5.69 Å². The Labute approximate surface area is 270 Å². The number of amides is 2. The number of carbonyl (C=O) groups is 4. The Morgan fingerprint density at radius 2 is 1.43 bits per heavy atom. The van der Waals surface area contributed by atoms with Crippen molar-refractivity contribution in [3.63, 3.8) is 0 Å². The molecule has 0 aliphatic heterocycles. The number of carbonyl (C=O) groups excluding carboxylic acids is 3. The van der Waals surface area contributed by atoms with Crippen molar-refractivity contribution in [3.05, 3.63) is 89.5 Å². The Kier molecular flexibility index (Phi) is 13.2. The third-order valence-corrected chi connectivity index (χ3v) is 8.15. The molecule has 0 saturated heterocycles. The maximum Gasteiger partial charge on any atom is 0.343 e. The molecule has 3 aromatic rings. The van der Waals surface area contributed by atoms with E-state index in [-0.39, 0.29) is 18.4 Å². The Morgan fingerprint density at radius 1 is 0.804 bits per heavy atom. The van der Waals surface area contributed by atoms with E-state index in [0.29, 0.717) is 41.3 Å². The molecule has 1 saturated carbocycles. The van der Waals surface area contributed by atoms with Gasteiger partial charge in [-0.05, 0) is 91.9 Å². The van der Waals surface area contributed by atoms with Gasteiger partial charge in [0.05, 0.1) is 12.2 Å². The Bertz CT molecular complexity index is 1430. The zero-order valence-electron chi connectivity index (χ0n) is 26.5. The van der Waals surface area contributed by atoms with E-state index in [4.69, 9.17) is 9.47 Å². The summed E-state index contributed by atoms with van der Waals surface area (Å²) in [4.78, 5) is 51.1. The summed E-state index contributed by atoms with van der Waals surface area (Å²) in [5, 5.41) is 12.3. The fraction of sp³-hybridized carbons (Fsp3) is 0.405. The van der Waals surface area contributed by atoms with Crippen molar-refractivity contribution in [2.24, 2.45) is 5.92 Å². The van der Waals surface area contributed by atoms with Crippen LogP contribution in [-0.4, -0.2) is 53.5 Å². The van der Waals surface area contributed by atoms with E-state index in [1.807, 2.05) is 0 Å². The third-order valence-electron chi connectivity index (χ3n) is 8.15.